The normalized spacial score (nSPS) is 10.2. The lowest BCUT2D eigenvalue weighted by Crippen LogP contribution is -2.17. The fraction of sp³-hybridized carbons (Fsp3) is 0.333. The van der Waals surface area contributed by atoms with Gasteiger partial charge >= 0.3 is 12.0 Å². The molecule has 0 aliphatic carbocycles. The second-order valence-corrected chi connectivity index (χ2v) is 2.85. The van der Waals surface area contributed by atoms with Gasteiger partial charge in [0, 0.05) is 11.1 Å². The van der Waals surface area contributed by atoms with Crippen molar-refractivity contribution in [1.29, 1.82) is 0 Å². The molecule has 0 heterocycles. The van der Waals surface area contributed by atoms with Crippen molar-refractivity contribution in [1.82, 2.24) is 0 Å². The number of nitro groups is 1. The van der Waals surface area contributed by atoms with Crippen LogP contribution in [0.5, 0.6) is 5.75 Å². The molecular weight excluding hydrogens is 263 g/mol. The summed E-state index contributed by atoms with van der Waals surface area (Å²) in [5.41, 5.74) is -0.833. The van der Waals surface area contributed by atoms with Crippen LogP contribution in [0.4, 0.5) is 18.9 Å². The molecule has 0 spiro atoms. The Morgan fingerprint density at radius 1 is 1.35 bits per heavy atom. The smallest absolute Gasteiger partial charge is 0.398 e. The standard InChI is InChI=1S/C7H3ClF3NO3.C2H6/c8-4-1-2-6(15-7(9,10)11)5(3-4)12(13)14;1-2/h1-3H;1-2H3. The largest absolute Gasteiger partial charge is 0.573 e. The van der Waals surface area contributed by atoms with Crippen LogP contribution in [-0.4, -0.2) is 11.3 Å². The average molecular weight is 272 g/mol. The zero-order chi connectivity index (χ0) is 13.6. The number of hydrogen-bond acceptors (Lipinski definition) is 3. The zero-order valence-corrected chi connectivity index (χ0v) is 9.67. The predicted molar refractivity (Wildman–Crippen MR) is 56.1 cm³/mol. The molecule has 0 saturated carbocycles. The van der Waals surface area contributed by atoms with Crippen LogP contribution in [0, 0.1) is 10.1 Å². The number of alkyl halides is 3. The molecule has 0 fully saturated rings. The lowest BCUT2D eigenvalue weighted by Gasteiger charge is -2.08. The molecule has 8 heteroatoms. The summed E-state index contributed by atoms with van der Waals surface area (Å²) in [5.74, 6) is -0.892. The van der Waals surface area contributed by atoms with Crippen LogP contribution >= 0.6 is 11.6 Å². The van der Waals surface area contributed by atoms with E-state index in [1.807, 2.05) is 13.8 Å². The van der Waals surface area contributed by atoms with E-state index in [0.717, 1.165) is 18.2 Å². The highest BCUT2D eigenvalue weighted by Gasteiger charge is 2.34. The second-order valence-electron chi connectivity index (χ2n) is 2.42. The Morgan fingerprint density at radius 2 is 1.88 bits per heavy atom. The van der Waals surface area contributed by atoms with Gasteiger partial charge in [0.1, 0.15) is 0 Å². The molecule has 96 valence electrons. The van der Waals surface area contributed by atoms with Gasteiger partial charge in [0.25, 0.3) is 0 Å². The van der Waals surface area contributed by atoms with Crippen molar-refractivity contribution in [2.75, 3.05) is 0 Å². The summed E-state index contributed by atoms with van der Waals surface area (Å²) >= 11 is 5.39. The van der Waals surface area contributed by atoms with E-state index in [0.29, 0.717) is 0 Å². The maximum atomic E-state index is 11.8. The van der Waals surface area contributed by atoms with Gasteiger partial charge in [0.15, 0.2) is 0 Å². The number of benzene rings is 1. The summed E-state index contributed by atoms with van der Waals surface area (Å²) in [6.07, 6.45) is -4.97. The van der Waals surface area contributed by atoms with E-state index in [1.165, 1.54) is 0 Å². The third-order valence-electron chi connectivity index (χ3n) is 1.34. The van der Waals surface area contributed by atoms with E-state index in [9.17, 15) is 23.3 Å². The molecule has 4 nitrogen and oxygen atoms in total. The molecule has 17 heavy (non-hydrogen) atoms. The maximum Gasteiger partial charge on any atom is 0.573 e. The molecule has 0 atom stereocenters. The number of ether oxygens (including phenoxy) is 1. The predicted octanol–water partition coefficient (Wildman–Crippen LogP) is 4.17. The van der Waals surface area contributed by atoms with Crippen molar-refractivity contribution in [2.45, 2.75) is 20.2 Å². The number of hydrogen-bond donors (Lipinski definition) is 0. The van der Waals surface area contributed by atoms with E-state index in [4.69, 9.17) is 11.6 Å². The molecule has 0 bridgehead atoms. The Bertz CT molecular complexity index is 396. The van der Waals surface area contributed by atoms with E-state index >= 15 is 0 Å². The second kappa shape index (κ2) is 6.29. The van der Waals surface area contributed by atoms with Crippen molar-refractivity contribution < 1.29 is 22.8 Å². The zero-order valence-electron chi connectivity index (χ0n) is 8.92. The Kier molecular flexibility index (Phi) is 5.73. The topological polar surface area (TPSA) is 52.4 Å². The molecule has 0 N–H and O–H groups in total. The first-order chi connectivity index (χ1) is 7.79. The summed E-state index contributed by atoms with van der Waals surface area (Å²) in [5, 5.41) is 10.3. The van der Waals surface area contributed by atoms with Gasteiger partial charge in [0.2, 0.25) is 5.75 Å². The van der Waals surface area contributed by atoms with Crippen LogP contribution in [0.1, 0.15) is 13.8 Å². The monoisotopic (exact) mass is 271 g/mol. The van der Waals surface area contributed by atoms with Gasteiger partial charge in [-0.3, -0.25) is 10.1 Å². The molecule has 0 aliphatic rings. The Morgan fingerprint density at radius 3 is 2.29 bits per heavy atom. The van der Waals surface area contributed by atoms with Crippen LogP contribution in [0.25, 0.3) is 0 Å². The highest BCUT2D eigenvalue weighted by Crippen LogP contribution is 2.33. The lowest BCUT2D eigenvalue weighted by atomic mass is 10.3. The first-order valence-electron chi connectivity index (χ1n) is 4.49. The fourth-order valence-corrected chi connectivity index (χ4v) is 1.01. The maximum absolute atomic E-state index is 11.8. The van der Waals surface area contributed by atoms with E-state index in [-0.39, 0.29) is 5.02 Å². The molecule has 1 rings (SSSR count). The van der Waals surface area contributed by atoms with Gasteiger partial charge in [0.05, 0.1) is 4.92 Å². The molecule has 0 aliphatic heterocycles. The van der Waals surface area contributed by atoms with Gasteiger partial charge in [-0.25, -0.2) is 0 Å². The molecule has 0 radical (unpaired) electrons. The summed E-state index contributed by atoms with van der Waals surface area (Å²) in [7, 11) is 0. The average Bonchev–Trinajstić information content (AvgIpc) is 2.21. The van der Waals surface area contributed by atoms with Crippen LogP contribution in [0.3, 0.4) is 0 Å². The van der Waals surface area contributed by atoms with Crippen molar-refractivity contribution in [3.8, 4) is 5.75 Å². The number of nitrogens with zero attached hydrogens (tertiary/aromatic N) is 1. The van der Waals surface area contributed by atoms with E-state index in [2.05, 4.69) is 4.74 Å². The fourth-order valence-electron chi connectivity index (χ4n) is 0.844. The molecule has 0 saturated heterocycles. The van der Waals surface area contributed by atoms with E-state index < -0.39 is 22.7 Å². The van der Waals surface area contributed by atoms with Crippen LogP contribution in [-0.2, 0) is 0 Å². The minimum Gasteiger partial charge on any atom is -0.398 e. The Labute approximate surface area is 100 Å². The summed E-state index contributed by atoms with van der Waals surface area (Å²) in [4.78, 5) is 9.35. The molecule has 1 aromatic rings. The first kappa shape index (κ1) is 15.5. The van der Waals surface area contributed by atoms with Crippen LogP contribution < -0.4 is 4.74 Å². The van der Waals surface area contributed by atoms with Crippen molar-refractivity contribution in [3.63, 3.8) is 0 Å². The van der Waals surface area contributed by atoms with Gasteiger partial charge in [-0.15, -0.1) is 13.2 Å². The first-order valence-corrected chi connectivity index (χ1v) is 4.87. The molecule has 0 unspecified atom stereocenters. The number of nitro benzene ring substituents is 1. The van der Waals surface area contributed by atoms with Crippen molar-refractivity contribution >= 4 is 17.3 Å². The summed E-state index contributed by atoms with van der Waals surface area (Å²) < 4.78 is 38.9. The van der Waals surface area contributed by atoms with Gasteiger partial charge < -0.3 is 4.74 Å². The van der Waals surface area contributed by atoms with Crippen molar-refractivity contribution in [3.05, 3.63) is 33.3 Å². The summed E-state index contributed by atoms with van der Waals surface area (Å²) in [6.45, 7) is 4.00. The molecule has 1 aromatic carbocycles. The third-order valence-corrected chi connectivity index (χ3v) is 1.58. The van der Waals surface area contributed by atoms with Crippen molar-refractivity contribution in [2.24, 2.45) is 0 Å². The quantitative estimate of drug-likeness (QED) is 0.599. The highest BCUT2D eigenvalue weighted by molar-refractivity contribution is 6.30. The van der Waals surface area contributed by atoms with Crippen LogP contribution in [0.2, 0.25) is 5.02 Å². The molecule has 0 aromatic heterocycles. The van der Waals surface area contributed by atoms with E-state index in [1.54, 1.807) is 0 Å². The minimum absolute atomic E-state index is 0.0452. The minimum atomic E-state index is -4.97. The Balaban J connectivity index is 0.00000121. The highest BCUT2D eigenvalue weighted by atomic mass is 35.5. The van der Waals surface area contributed by atoms with Gasteiger partial charge in [-0.05, 0) is 12.1 Å². The number of halogens is 4. The molecule has 0 amide bonds. The summed E-state index contributed by atoms with van der Waals surface area (Å²) in [6, 6.07) is 2.63. The SMILES string of the molecule is CC.O=[N+]([O-])c1cc(Cl)ccc1OC(F)(F)F. The van der Waals surface area contributed by atoms with Gasteiger partial charge in [-0.2, -0.15) is 0 Å². The molecular formula is C9H9ClF3NO3. The third kappa shape index (κ3) is 5.39. The van der Waals surface area contributed by atoms with Crippen LogP contribution in [0.15, 0.2) is 18.2 Å². The Hall–Kier alpha value is -1.50. The lowest BCUT2D eigenvalue weighted by molar-refractivity contribution is -0.388. The number of rotatable bonds is 2. The van der Waals surface area contributed by atoms with Gasteiger partial charge in [-0.1, -0.05) is 25.4 Å².